The number of halogens is 1. The highest BCUT2D eigenvalue weighted by atomic mass is 35.5. The lowest BCUT2D eigenvalue weighted by Gasteiger charge is -2.20. The zero-order chi connectivity index (χ0) is 12.1. The molecule has 1 heterocycles. The molecule has 4 heteroatoms. The van der Waals surface area contributed by atoms with E-state index in [1.54, 1.807) is 0 Å². The maximum atomic E-state index is 11.8. The van der Waals surface area contributed by atoms with Crippen LogP contribution in [0.25, 0.3) is 0 Å². The standard InChI is InChI=1S/C14H26N2O.ClH/c1-11(13-4-2-3-5-13)16-14(17)7-6-12-8-9-15-10-12;/h11-13,15H,2-10H2,1H3,(H,16,17);1H. The van der Waals surface area contributed by atoms with E-state index in [2.05, 4.69) is 17.6 Å². The van der Waals surface area contributed by atoms with E-state index in [-0.39, 0.29) is 18.3 Å². The molecule has 1 saturated heterocycles. The minimum atomic E-state index is 0. The lowest BCUT2D eigenvalue weighted by atomic mass is 9.98. The number of rotatable bonds is 5. The van der Waals surface area contributed by atoms with E-state index in [1.165, 1.54) is 32.1 Å². The second-order valence-corrected chi connectivity index (χ2v) is 5.80. The number of carbonyl (C=O) groups is 1. The molecule has 2 atom stereocenters. The summed E-state index contributed by atoms with van der Waals surface area (Å²) >= 11 is 0. The zero-order valence-corrected chi connectivity index (χ0v) is 12.2. The number of amides is 1. The van der Waals surface area contributed by atoms with Crippen LogP contribution in [0.4, 0.5) is 0 Å². The predicted molar refractivity (Wildman–Crippen MR) is 77.0 cm³/mol. The third kappa shape index (κ3) is 4.77. The van der Waals surface area contributed by atoms with Crippen LogP contribution in [0.3, 0.4) is 0 Å². The molecule has 0 aromatic carbocycles. The first kappa shape index (κ1) is 15.8. The van der Waals surface area contributed by atoms with E-state index >= 15 is 0 Å². The van der Waals surface area contributed by atoms with Gasteiger partial charge in [-0.2, -0.15) is 0 Å². The number of hydrogen-bond acceptors (Lipinski definition) is 2. The lowest BCUT2D eigenvalue weighted by molar-refractivity contribution is -0.122. The Morgan fingerprint density at radius 2 is 2.06 bits per heavy atom. The fraction of sp³-hybridized carbons (Fsp3) is 0.929. The van der Waals surface area contributed by atoms with Crippen LogP contribution >= 0.6 is 12.4 Å². The normalized spacial score (nSPS) is 25.7. The van der Waals surface area contributed by atoms with Crippen LogP contribution in [0.2, 0.25) is 0 Å². The Morgan fingerprint density at radius 3 is 2.67 bits per heavy atom. The average Bonchev–Trinajstić information content (AvgIpc) is 2.99. The smallest absolute Gasteiger partial charge is 0.220 e. The van der Waals surface area contributed by atoms with Crippen LogP contribution in [0.15, 0.2) is 0 Å². The highest BCUT2D eigenvalue weighted by Crippen LogP contribution is 2.27. The summed E-state index contributed by atoms with van der Waals surface area (Å²) in [6.07, 6.45) is 8.30. The summed E-state index contributed by atoms with van der Waals surface area (Å²) in [5, 5.41) is 6.54. The Kier molecular flexibility index (Phi) is 7.02. The summed E-state index contributed by atoms with van der Waals surface area (Å²) in [6, 6.07) is 0.381. The monoisotopic (exact) mass is 274 g/mol. The van der Waals surface area contributed by atoms with Crippen molar-refractivity contribution in [2.24, 2.45) is 11.8 Å². The van der Waals surface area contributed by atoms with Crippen molar-refractivity contribution in [3.8, 4) is 0 Å². The molecule has 1 aliphatic carbocycles. The molecule has 0 spiro atoms. The fourth-order valence-corrected chi connectivity index (χ4v) is 3.20. The van der Waals surface area contributed by atoms with Crippen molar-refractivity contribution in [1.82, 2.24) is 10.6 Å². The molecule has 1 amide bonds. The third-order valence-electron chi connectivity index (χ3n) is 4.44. The summed E-state index contributed by atoms with van der Waals surface area (Å²) < 4.78 is 0. The van der Waals surface area contributed by atoms with Gasteiger partial charge in [0, 0.05) is 12.5 Å². The molecule has 1 aliphatic heterocycles. The quantitative estimate of drug-likeness (QED) is 0.809. The second kappa shape index (κ2) is 8.00. The molecule has 0 aromatic heterocycles. The first-order chi connectivity index (χ1) is 8.25. The molecule has 0 radical (unpaired) electrons. The molecular formula is C14H27ClN2O. The molecule has 1 saturated carbocycles. The van der Waals surface area contributed by atoms with Crippen molar-refractivity contribution in [2.45, 2.75) is 57.9 Å². The zero-order valence-electron chi connectivity index (χ0n) is 11.4. The van der Waals surface area contributed by atoms with Crippen LogP contribution in [0.1, 0.15) is 51.9 Å². The minimum Gasteiger partial charge on any atom is -0.353 e. The average molecular weight is 275 g/mol. The highest BCUT2D eigenvalue weighted by molar-refractivity contribution is 5.85. The summed E-state index contributed by atoms with van der Waals surface area (Å²) in [5.41, 5.74) is 0. The van der Waals surface area contributed by atoms with Gasteiger partial charge in [-0.3, -0.25) is 4.79 Å². The van der Waals surface area contributed by atoms with Gasteiger partial charge in [0.25, 0.3) is 0 Å². The van der Waals surface area contributed by atoms with Gasteiger partial charge in [-0.05, 0) is 57.5 Å². The van der Waals surface area contributed by atoms with E-state index in [0.717, 1.165) is 31.3 Å². The van der Waals surface area contributed by atoms with Crippen molar-refractivity contribution >= 4 is 18.3 Å². The van der Waals surface area contributed by atoms with E-state index < -0.39 is 0 Å². The van der Waals surface area contributed by atoms with Crippen molar-refractivity contribution in [2.75, 3.05) is 13.1 Å². The van der Waals surface area contributed by atoms with Gasteiger partial charge >= 0.3 is 0 Å². The van der Waals surface area contributed by atoms with Crippen LogP contribution in [0.5, 0.6) is 0 Å². The lowest BCUT2D eigenvalue weighted by Crippen LogP contribution is -2.37. The van der Waals surface area contributed by atoms with E-state index in [0.29, 0.717) is 12.5 Å². The first-order valence-electron chi connectivity index (χ1n) is 7.26. The van der Waals surface area contributed by atoms with Gasteiger partial charge in [0.15, 0.2) is 0 Å². The Balaban J connectivity index is 0.00000162. The number of carbonyl (C=O) groups excluding carboxylic acids is 1. The Labute approximate surface area is 117 Å². The van der Waals surface area contributed by atoms with E-state index in [4.69, 9.17) is 0 Å². The van der Waals surface area contributed by atoms with Crippen molar-refractivity contribution < 1.29 is 4.79 Å². The predicted octanol–water partition coefficient (Wildman–Crippen LogP) is 2.49. The minimum absolute atomic E-state index is 0. The van der Waals surface area contributed by atoms with Gasteiger partial charge in [-0.1, -0.05) is 12.8 Å². The molecule has 106 valence electrons. The molecule has 0 bridgehead atoms. The molecule has 2 N–H and O–H groups in total. The van der Waals surface area contributed by atoms with Gasteiger partial charge < -0.3 is 10.6 Å². The topological polar surface area (TPSA) is 41.1 Å². The van der Waals surface area contributed by atoms with Crippen LogP contribution in [0, 0.1) is 11.8 Å². The van der Waals surface area contributed by atoms with E-state index in [9.17, 15) is 4.79 Å². The fourth-order valence-electron chi connectivity index (χ4n) is 3.20. The summed E-state index contributed by atoms with van der Waals surface area (Å²) in [6.45, 7) is 4.40. The maximum Gasteiger partial charge on any atom is 0.220 e. The molecule has 3 nitrogen and oxygen atoms in total. The van der Waals surface area contributed by atoms with Crippen molar-refractivity contribution in [3.05, 3.63) is 0 Å². The Bertz CT molecular complexity index is 248. The van der Waals surface area contributed by atoms with E-state index in [1.807, 2.05) is 0 Å². The van der Waals surface area contributed by atoms with Crippen molar-refractivity contribution in [1.29, 1.82) is 0 Å². The summed E-state index contributed by atoms with van der Waals surface area (Å²) in [7, 11) is 0. The molecule has 2 aliphatic rings. The third-order valence-corrected chi connectivity index (χ3v) is 4.44. The number of nitrogens with one attached hydrogen (secondary N) is 2. The van der Waals surface area contributed by atoms with Crippen LogP contribution in [-0.4, -0.2) is 25.0 Å². The summed E-state index contributed by atoms with van der Waals surface area (Å²) in [5.74, 6) is 1.71. The molecular weight excluding hydrogens is 248 g/mol. The SMILES string of the molecule is CC(NC(=O)CCC1CCNC1)C1CCCC1.Cl. The summed E-state index contributed by atoms with van der Waals surface area (Å²) in [4.78, 5) is 11.8. The second-order valence-electron chi connectivity index (χ2n) is 5.80. The number of hydrogen-bond donors (Lipinski definition) is 2. The molecule has 2 rings (SSSR count). The molecule has 2 fully saturated rings. The molecule has 0 aromatic rings. The van der Waals surface area contributed by atoms with Crippen LogP contribution < -0.4 is 10.6 Å². The van der Waals surface area contributed by atoms with Gasteiger partial charge in [0.1, 0.15) is 0 Å². The first-order valence-corrected chi connectivity index (χ1v) is 7.26. The van der Waals surface area contributed by atoms with Gasteiger partial charge in [-0.25, -0.2) is 0 Å². The Morgan fingerprint density at radius 1 is 1.33 bits per heavy atom. The van der Waals surface area contributed by atoms with Gasteiger partial charge in [0.2, 0.25) is 5.91 Å². The van der Waals surface area contributed by atoms with Crippen molar-refractivity contribution in [3.63, 3.8) is 0 Å². The maximum absolute atomic E-state index is 11.8. The molecule has 2 unspecified atom stereocenters. The highest BCUT2D eigenvalue weighted by Gasteiger charge is 2.23. The molecule has 18 heavy (non-hydrogen) atoms. The largest absolute Gasteiger partial charge is 0.353 e. The van der Waals surface area contributed by atoms with Crippen LogP contribution in [-0.2, 0) is 4.79 Å². The van der Waals surface area contributed by atoms with Gasteiger partial charge in [-0.15, -0.1) is 12.4 Å². The van der Waals surface area contributed by atoms with Gasteiger partial charge in [0.05, 0.1) is 0 Å². The Hall–Kier alpha value is -0.280.